The molecule has 0 aromatic heterocycles. The van der Waals surface area contributed by atoms with Gasteiger partial charge in [0.2, 0.25) is 5.91 Å². The first-order chi connectivity index (χ1) is 10.0. The number of benzene rings is 1. The van der Waals surface area contributed by atoms with E-state index in [4.69, 9.17) is 0 Å². The smallest absolute Gasteiger partial charge is 0.240 e. The van der Waals surface area contributed by atoms with Crippen molar-refractivity contribution in [1.29, 1.82) is 0 Å². The second-order valence-electron chi connectivity index (χ2n) is 5.64. The van der Waals surface area contributed by atoms with Crippen LogP contribution in [0.4, 0.5) is 0 Å². The second kappa shape index (κ2) is 7.29. The molecule has 1 amide bonds. The number of rotatable bonds is 4. The average molecular weight is 307 g/mol. The molecular weight excluding hydrogens is 282 g/mol. The maximum Gasteiger partial charge on any atom is 0.240 e. The van der Waals surface area contributed by atoms with Crippen LogP contribution in [0.5, 0.6) is 0 Å². The lowest BCUT2D eigenvalue weighted by atomic mass is 10.0. The Labute approximate surface area is 131 Å². The molecule has 116 valence electrons. The van der Waals surface area contributed by atoms with E-state index in [0.29, 0.717) is 0 Å². The lowest BCUT2D eigenvalue weighted by Crippen LogP contribution is -2.58. The Morgan fingerprint density at radius 3 is 2.62 bits per heavy atom. The molecule has 2 unspecified atom stereocenters. The summed E-state index contributed by atoms with van der Waals surface area (Å²) in [5.74, 6) is 0.176. The molecule has 0 bridgehead atoms. The van der Waals surface area contributed by atoms with Gasteiger partial charge >= 0.3 is 0 Å². The Morgan fingerprint density at radius 1 is 1.38 bits per heavy atom. The largest absolute Gasteiger partial charge is 0.347 e. The second-order valence-corrected chi connectivity index (χ2v) is 6.52. The van der Waals surface area contributed by atoms with Crippen LogP contribution in [0.3, 0.4) is 0 Å². The van der Waals surface area contributed by atoms with Crippen molar-refractivity contribution in [3.8, 4) is 0 Å². The van der Waals surface area contributed by atoms with Gasteiger partial charge in [-0.3, -0.25) is 9.69 Å². The fourth-order valence-electron chi connectivity index (χ4n) is 2.78. The van der Waals surface area contributed by atoms with Crippen LogP contribution in [0.25, 0.3) is 0 Å². The first-order valence-corrected chi connectivity index (χ1v) is 8.58. The summed E-state index contributed by atoms with van der Waals surface area (Å²) in [6.45, 7) is 4.75. The third kappa shape index (κ3) is 3.78. The number of carbonyl (C=O) groups excluding carboxylic acids is 1. The molecule has 4 nitrogen and oxygen atoms in total. The van der Waals surface area contributed by atoms with Crippen LogP contribution in [0.15, 0.2) is 29.2 Å². The maximum absolute atomic E-state index is 12.4. The van der Waals surface area contributed by atoms with Gasteiger partial charge in [-0.15, -0.1) is 11.8 Å². The van der Waals surface area contributed by atoms with Crippen LogP contribution >= 0.6 is 11.8 Å². The Bertz CT molecular complexity index is 475. The van der Waals surface area contributed by atoms with Gasteiger partial charge in [0.1, 0.15) is 6.04 Å². The zero-order valence-electron chi connectivity index (χ0n) is 13.3. The number of nitrogens with one attached hydrogen (secondary N) is 1. The van der Waals surface area contributed by atoms with E-state index in [1.807, 2.05) is 14.1 Å². The van der Waals surface area contributed by atoms with E-state index in [1.165, 1.54) is 10.5 Å². The SMILES string of the molecule is CSc1ccc(C(C)N2CCNCC2C(=O)N(C)C)cc1. The molecule has 1 fully saturated rings. The summed E-state index contributed by atoms with van der Waals surface area (Å²) in [6, 6.07) is 8.83. The monoisotopic (exact) mass is 307 g/mol. The fraction of sp³-hybridized carbons (Fsp3) is 0.562. The Balaban J connectivity index is 2.17. The number of piperazine rings is 1. The first-order valence-electron chi connectivity index (χ1n) is 7.36. The van der Waals surface area contributed by atoms with Crippen molar-refractivity contribution >= 4 is 17.7 Å². The van der Waals surface area contributed by atoms with Crippen molar-refractivity contribution in [3.63, 3.8) is 0 Å². The van der Waals surface area contributed by atoms with E-state index >= 15 is 0 Å². The lowest BCUT2D eigenvalue weighted by molar-refractivity contribution is -0.136. The van der Waals surface area contributed by atoms with Gasteiger partial charge in [-0.1, -0.05) is 12.1 Å². The highest BCUT2D eigenvalue weighted by atomic mass is 32.2. The zero-order valence-corrected chi connectivity index (χ0v) is 14.1. The van der Waals surface area contributed by atoms with Crippen molar-refractivity contribution in [2.75, 3.05) is 40.0 Å². The zero-order chi connectivity index (χ0) is 15.4. The molecule has 21 heavy (non-hydrogen) atoms. The number of likely N-dealkylation sites (N-methyl/N-ethyl adjacent to an activating group) is 1. The minimum atomic E-state index is -0.0797. The summed E-state index contributed by atoms with van der Waals surface area (Å²) < 4.78 is 0. The van der Waals surface area contributed by atoms with Crippen molar-refractivity contribution in [3.05, 3.63) is 29.8 Å². The Kier molecular flexibility index (Phi) is 5.67. The molecular formula is C16H25N3OS. The molecule has 1 aromatic carbocycles. The van der Waals surface area contributed by atoms with E-state index in [2.05, 4.69) is 47.7 Å². The molecule has 1 saturated heterocycles. The van der Waals surface area contributed by atoms with Crippen LogP contribution < -0.4 is 5.32 Å². The highest BCUT2D eigenvalue weighted by Gasteiger charge is 2.33. The summed E-state index contributed by atoms with van der Waals surface area (Å²) in [5, 5.41) is 3.33. The molecule has 1 heterocycles. The number of hydrogen-bond donors (Lipinski definition) is 1. The van der Waals surface area contributed by atoms with Gasteiger partial charge in [-0.05, 0) is 30.9 Å². The number of thioether (sulfide) groups is 1. The van der Waals surface area contributed by atoms with Gasteiger partial charge in [0, 0.05) is 44.7 Å². The van der Waals surface area contributed by atoms with Crippen LogP contribution in [-0.2, 0) is 4.79 Å². The van der Waals surface area contributed by atoms with Gasteiger partial charge in [0.25, 0.3) is 0 Å². The molecule has 1 aliphatic rings. The van der Waals surface area contributed by atoms with Crippen LogP contribution in [0.1, 0.15) is 18.5 Å². The summed E-state index contributed by atoms with van der Waals surface area (Å²) >= 11 is 1.75. The molecule has 0 spiro atoms. The topological polar surface area (TPSA) is 35.6 Å². The predicted octanol–water partition coefficient (Wildman–Crippen LogP) is 1.83. The minimum Gasteiger partial charge on any atom is -0.347 e. The van der Waals surface area contributed by atoms with E-state index < -0.39 is 0 Å². The number of carbonyl (C=O) groups is 1. The quantitative estimate of drug-likeness (QED) is 0.861. The summed E-state index contributed by atoms with van der Waals surface area (Å²) in [7, 11) is 3.65. The normalized spacial score (nSPS) is 21.0. The molecule has 2 atom stereocenters. The van der Waals surface area contributed by atoms with Crippen LogP contribution in [0.2, 0.25) is 0 Å². The van der Waals surface area contributed by atoms with Gasteiger partial charge < -0.3 is 10.2 Å². The van der Waals surface area contributed by atoms with Crippen LogP contribution in [0, 0.1) is 0 Å². The van der Waals surface area contributed by atoms with Gasteiger partial charge in [-0.25, -0.2) is 0 Å². The molecule has 1 N–H and O–H groups in total. The van der Waals surface area contributed by atoms with Crippen molar-refractivity contribution in [2.24, 2.45) is 0 Å². The summed E-state index contributed by atoms with van der Waals surface area (Å²) in [5.41, 5.74) is 1.27. The van der Waals surface area contributed by atoms with Crippen LogP contribution in [-0.4, -0.2) is 61.7 Å². The Morgan fingerprint density at radius 2 is 2.05 bits per heavy atom. The van der Waals surface area contributed by atoms with E-state index in [1.54, 1.807) is 16.7 Å². The van der Waals surface area contributed by atoms with E-state index in [0.717, 1.165) is 19.6 Å². The van der Waals surface area contributed by atoms with Crippen molar-refractivity contribution in [1.82, 2.24) is 15.1 Å². The standard InChI is InChI=1S/C16H25N3OS/c1-12(13-5-7-14(21-4)8-6-13)19-10-9-17-11-15(19)16(20)18(2)3/h5-8,12,15,17H,9-11H2,1-4H3. The molecule has 0 aliphatic carbocycles. The van der Waals surface area contributed by atoms with Gasteiger partial charge in [0.15, 0.2) is 0 Å². The number of hydrogen-bond acceptors (Lipinski definition) is 4. The molecule has 0 saturated carbocycles. The fourth-order valence-corrected chi connectivity index (χ4v) is 3.19. The maximum atomic E-state index is 12.4. The van der Waals surface area contributed by atoms with E-state index in [9.17, 15) is 4.79 Å². The van der Waals surface area contributed by atoms with Crippen molar-refractivity contribution in [2.45, 2.75) is 23.9 Å². The third-order valence-electron chi connectivity index (χ3n) is 4.11. The third-order valence-corrected chi connectivity index (χ3v) is 4.85. The highest BCUT2D eigenvalue weighted by Crippen LogP contribution is 2.26. The van der Waals surface area contributed by atoms with E-state index in [-0.39, 0.29) is 18.0 Å². The molecule has 1 aromatic rings. The molecule has 0 radical (unpaired) electrons. The lowest BCUT2D eigenvalue weighted by Gasteiger charge is -2.40. The Hall–Kier alpha value is -1.04. The minimum absolute atomic E-state index is 0.0797. The summed E-state index contributed by atoms with van der Waals surface area (Å²) in [4.78, 5) is 17.7. The predicted molar refractivity (Wildman–Crippen MR) is 88.7 cm³/mol. The number of amides is 1. The molecule has 5 heteroatoms. The number of nitrogens with zero attached hydrogens (tertiary/aromatic N) is 2. The van der Waals surface area contributed by atoms with Gasteiger partial charge in [-0.2, -0.15) is 0 Å². The molecule has 1 aliphatic heterocycles. The average Bonchev–Trinajstić information content (AvgIpc) is 2.53. The molecule has 2 rings (SSSR count). The summed E-state index contributed by atoms with van der Waals surface area (Å²) in [6.07, 6.45) is 2.08. The first kappa shape index (κ1) is 16.3. The van der Waals surface area contributed by atoms with Crippen molar-refractivity contribution < 1.29 is 4.79 Å². The highest BCUT2D eigenvalue weighted by molar-refractivity contribution is 7.98. The van der Waals surface area contributed by atoms with Gasteiger partial charge in [0.05, 0.1) is 0 Å².